The summed E-state index contributed by atoms with van der Waals surface area (Å²) in [6, 6.07) is 49.5. The fourth-order valence-electron chi connectivity index (χ4n) is 6.67. The second-order valence-corrected chi connectivity index (χ2v) is 12.4. The minimum absolute atomic E-state index is 0. The molecular weight excluding hydrogens is 793 g/mol. The van der Waals surface area contributed by atoms with E-state index in [2.05, 4.69) is 82.8 Å². The fraction of sp³-hybridized carbons (Fsp3) is 0.0667. The van der Waals surface area contributed by atoms with Crippen LogP contribution in [-0.4, -0.2) is 9.97 Å². The Labute approximate surface area is 304 Å². The van der Waals surface area contributed by atoms with Crippen molar-refractivity contribution in [2.45, 2.75) is 19.7 Å². The number of rotatable bonds is 3. The summed E-state index contributed by atoms with van der Waals surface area (Å²) in [4.78, 5) is 8.93. The molecule has 10 rings (SSSR count). The third-order valence-corrected chi connectivity index (χ3v) is 9.16. The van der Waals surface area contributed by atoms with Crippen LogP contribution >= 0.6 is 0 Å². The van der Waals surface area contributed by atoms with Crippen molar-refractivity contribution in [2.24, 2.45) is 0 Å². The van der Waals surface area contributed by atoms with Crippen molar-refractivity contribution in [3.63, 3.8) is 0 Å². The first-order chi connectivity index (χ1) is 24.4. The molecule has 6 aromatic carbocycles. The van der Waals surface area contributed by atoms with Crippen LogP contribution in [0.5, 0.6) is 0 Å². The molecule has 0 saturated carbocycles. The largest absolute Gasteiger partial charge is 0.497 e. The Kier molecular flexibility index (Phi) is 7.93. The number of para-hydroxylation sites is 1. The molecule has 1 radical (unpaired) electrons. The van der Waals surface area contributed by atoms with Gasteiger partial charge in [-0.15, -0.1) is 47.3 Å². The van der Waals surface area contributed by atoms with E-state index in [0.29, 0.717) is 0 Å². The van der Waals surface area contributed by atoms with Gasteiger partial charge in [-0.25, -0.2) is 0 Å². The van der Waals surface area contributed by atoms with Gasteiger partial charge in [0.15, 0.2) is 11.2 Å². The zero-order valence-electron chi connectivity index (χ0n) is 28.3. The maximum atomic E-state index is 8.22. The molecule has 0 aliphatic carbocycles. The average Bonchev–Trinajstić information content (AvgIpc) is 3.74. The Hall–Kier alpha value is -5.61. The number of hydrogen-bond acceptors (Lipinski definition) is 4. The Balaban J connectivity index is 0.000000144. The molecule has 243 valence electrons. The molecule has 0 saturated heterocycles. The number of benzene rings is 6. The van der Waals surface area contributed by atoms with Crippen molar-refractivity contribution >= 4 is 65.4 Å². The van der Waals surface area contributed by atoms with E-state index in [1.807, 2.05) is 80.6 Å². The second kappa shape index (κ2) is 13.0. The molecule has 4 heterocycles. The molecule has 5 heteroatoms. The van der Waals surface area contributed by atoms with E-state index in [9.17, 15) is 0 Å². The van der Waals surface area contributed by atoms with Crippen molar-refractivity contribution in [3.8, 4) is 22.5 Å². The van der Waals surface area contributed by atoms with E-state index >= 15 is 0 Å². The van der Waals surface area contributed by atoms with Gasteiger partial charge in [0.2, 0.25) is 0 Å². The minimum Gasteiger partial charge on any atom is -0.497 e. The van der Waals surface area contributed by atoms with Crippen LogP contribution < -0.4 is 0 Å². The Morgan fingerprint density at radius 1 is 0.580 bits per heavy atom. The van der Waals surface area contributed by atoms with Crippen LogP contribution in [0.1, 0.15) is 26.7 Å². The molecule has 0 N–H and O–H groups in total. The first kappa shape index (κ1) is 30.4. The van der Waals surface area contributed by atoms with Gasteiger partial charge in [-0.2, -0.15) is 0 Å². The number of furan rings is 2. The first-order valence-electron chi connectivity index (χ1n) is 16.8. The standard InChI is InChI=1S/C23H12NO2.C22H18N.Ir/c1-2-10-20-14(6-1)16-11-12-17-15-7-5-8-18(19-9-3-4-13-24-19)21(15)26-23(17)22(16)25-20;1-15(2)17-11-12-23-22(14-17)19-9-10-21-18(13-19)8-7-16-5-3-4-6-20(16)21;/h1-7,9-13H;3-8,10-15H,1-2H3;/q2*-1;/i;15D;. The SMILES string of the molecule is [2H]C(C)(C)c1ccnc(-c2[c-]cc3c(ccc4ccccc43)c2)c1.[Ir].[c-]1ccc2c(oc3c2ccc2c4ccccc4oc23)c1-c1ccccn1. The van der Waals surface area contributed by atoms with E-state index in [1.54, 1.807) is 12.4 Å². The summed E-state index contributed by atoms with van der Waals surface area (Å²) in [5, 5.41) is 9.11. The zero-order valence-corrected chi connectivity index (χ0v) is 29.7. The topological polar surface area (TPSA) is 52.1 Å². The molecule has 0 unspecified atom stereocenters. The van der Waals surface area contributed by atoms with Crippen molar-refractivity contribution in [2.75, 3.05) is 0 Å². The smallest absolute Gasteiger partial charge is 0.177 e. The van der Waals surface area contributed by atoms with Crippen LogP contribution in [0.4, 0.5) is 0 Å². The number of pyridine rings is 2. The van der Waals surface area contributed by atoms with Gasteiger partial charge < -0.3 is 18.8 Å². The summed E-state index contributed by atoms with van der Waals surface area (Å²) in [5.41, 5.74) is 7.70. The van der Waals surface area contributed by atoms with Gasteiger partial charge in [0.05, 0.1) is 5.58 Å². The quantitative estimate of drug-likeness (QED) is 0.132. The van der Waals surface area contributed by atoms with Gasteiger partial charge >= 0.3 is 0 Å². The molecule has 0 atom stereocenters. The van der Waals surface area contributed by atoms with Gasteiger partial charge in [0.1, 0.15) is 5.58 Å². The molecule has 50 heavy (non-hydrogen) atoms. The van der Waals surface area contributed by atoms with E-state index in [0.717, 1.165) is 72.0 Å². The van der Waals surface area contributed by atoms with Crippen molar-refractivity contribution in [1.29, 1.82) is 0 Å². The van der Waals surface area contributed by atoms with E-state index in [4.69, 9.17) is 10.2 Å². The Morgan fingerprint density at radius 3 is 2.14 bits per heavy atom. The van der Waals surface area contributed by atoms with Crippen molar-refractivity contribution in [3.05, 3.63) is 157 Å². The summed E-state index contributed by atoms with van der Waals surface area (Å²) in [5.74, 6) is -0.634. The molecule has 4 nitrogen and oxygen atoms in total. The monoisotopic (exact) mass is 824 g/mol. The van der Waals surface area contributed by atoms with Gasteiger partial charge in [-0.1, -0.05) is 120 Å². The summed E-state index contributed by atoms with van der Waals surface area (Å²) in [7, 11) is 0. The molecule has 0 amide bonds. The molecule has 0 spiro atoms. The van der Waals surface area contributed by atoms with Crippen LogP contribution in [0.25, 0.3) is 87.9 Å². The van der Waals surface area contributed by atoms with Crippen LogP contribution in [0.2, 0.25) is 0 Å². The number of nitrogens with zero attached hydrogens (tertiary/aromatic N) is 2. The van der Waals surface area contributed by atoms with Gasteiger partial charge in [0, 0.05) is 50.0 Å². The van der Waals surface area contributed by atoms with E-state index in [1.165, 1.54) is 21.5 Å². The molecule has 0 aliphatic heterocycles. The van der Waals surface area contributed by atoms with Gasteiger partial charge in [0.25, 0.3) is 0 Å². The van der Waals surface area contributed by atoms with Crippen molar-refractivity contribution in [1.82, 2.24) is 9.97 Å². The van der Waals surface area contributed by atoms with Crippen LogP contribution in [0, 0.1) is 12.1 Å². The number of hydrogen-bond donors (Lipinski definition) is 0. The summed E-state index contributed by atoms with van der Waals surface area (Å²) >= 11 is 0. The number of fused-ring (bicyclic) bond motifs is 10. The minimum atomic E-state index is -0.634. The van der Waals surface area contributed by atoms with Crippen LogP contribution in [0.15, 0.2) is 149 Å². The third kappa shape index (κ3) is 5.45. The molecular formula is C45H30IrN2O2-2. The molecule has 0 aliphatic rings. The predicted molar refractivity (Wildman–Crippen MR) is 201 cm³/mol. The molecule has 0 fully saturated rings. The Bertz CT molecular complexity index is 2870. The van der Waals surface area contributed by atoms with E-state index < -0.39 is 5.89 Å². The summed E-state index contributed by atoms with van der Waals surface area (Å²) in [6.07, 6.45) is 3.56. The first-order valence-corrected chi connectivity index (χ1v) is 16.3. The second-order valence-electron chi connectivity index (χ2n) is 12.4. The molecule has 0 bridgehead atoms. The van der Waals surface area contributed by atoms with Gasteiger partial charge in [-0.05, 0) is 46.9 Å². The molecule has 10 aromatic rings. The maximum absolute atomic E-state index is 8.22. The Morgan fingerprint density at radius 2 is 1.30 bits per heavy atom. The van der Waals surface area contributed by atoms with Crippen molar-refractivity contribution < 1.29 is 30.3 Å². The normalized spacial score (nSPS) is 11.9. The fourth-order valence-corrected chi connectivity index (χ4v) is 6.67. The maximum Gasteiger partial charge on any atom is 0.177 e. The zero-order chi connectivity index (χ0) is 33.8. The van der Waals surface area contributed by atoms with E-state index in [-0.39, 0.29) is 20.1 Å². The summed E-state index contributed by atoms with van der Waals surface area (Å²) < 4.78 is 20.7. The average molecular weight is 824 g/mol. The predicted octanol–water partition coefficient (Wildman–Crippen LogP) is 12.3. The van der Waals surface area contributed by atoms with Gasteiger partial charge in [-0.3, -0.25) is 0 Å². The molecule has 4 aromatic heterocycles. The van der Waals surface area contributed by atoms with Crippen LogP contribution in [0.3, 0.4) is 0 Å². The van der Waals surface area contributed by atoms with Crippen LogP contribution in [-0.2, 0) is 20.1 Å². The third-order valence-electron chi connectivity index (χ3n) is 9.16. The number of aromatic nitrogens is 2. The summed E-state index contributed by atoms with van der Waals surface area (Å²) in [6.45, 7) is 3.78.